The normalized spacial score (nSPS) is 10.4. The van der Waals surface area contributed by atoms with E-state index in [2.05, 4.69) is 10.4 Å². The zero-order chi connectivity index (χ0) is 12.0. The lowest BCUT2D eigenvalue weighted by molar-refractivity contribution is -0.142. The Bertz CT molecular complexity index is 347. The molecule has 0 bridgehead atoms. The van der Waals surface area contributed by atoms with E-state index in [9.17, 15) is 4.79 Å². The second kappa shape index (κ2) is 6.27. The van der Waals surface area contributed by atoms with Crippen molar-refractivity contribution in [2.45, 2.75) is 33.9 Å². The number of nitrogens with one attached hydrogen (secondary N) is 1. The number of hydrogen-bond acceptors (Lipinski definition) is 4. The SMILES string of the molecule is CCOC(=O)CNCc1cc(C)nn1CC. The first-order chi connectivity index (χ1) is 7.67. The van der Waals surface area contributed by atoms with Crippen molar-refractivity contribution in [2.24, 2.45) is 0 Å². The van der Waals surface area contributed by atoms with Gasteiger partial charge in [-0.05, 0) is 26.8 Å². The second-order valence-electron chi connectivity index (χ2n) is 3.50. The van der Waals surface area contributed by atoms with Gasteiger partial charge in [0, 0.05) is 13.1 Å². The average Bonchev–Trinajstić information content (AvgIpc) is 2.59. The highest BCUT2D eigenvalue weighted by Gasteiger charge is 2.05. The molecule has 0 unspecified atom stereocenters. The molecule has 1 rings (SSSR count). The molecule has 0 aromatic carbocycles. The largest absolute Gasteiger partial charge is 0.465 e. The van der Waals surface area contributed by atoms with Crippen LogP contribution in [-0.4, -0.2) is 28.9 Å². The number of ether oxygens (including phenoxy) is 1. The maximum Gasteiger partial charge on any atom is 0.319 e. The van der Waals surface area contributed by atoms with Gasteiger partial charge in [0.2, 0.25) is 0 Å². The molecule has 0 amide bonds. The lowest BCUT2D eigenvalue weighted by Gasteiger charge is -2.06. The van der Waals surface area contributed by atoms with Crippen molar-refractivity contribution < 1.29 is 9.53 Å². The van der Waals surface area contributed by atoms with Gasteiger partial charge in [0.15, 0.2) is 0 Å². The van der Waals surface area contributed by atoms with Crippen LogP contribution in [0.1, 0.15) is 25.2 Å². The summed E-state index contributed by atoms with van der Waals surface area (Å²) < 4.78 is 6.74. The van der Waals surface area contributed by atoms with Crippen LogP contribution < -0.4 is 5.32 Å². The average molecular weight is 225 g/mol. The fourth-order valence-corrected chi connectivity index (χ4v) is 1.52. The summed E-state index contributed by atoms with van der Waals surface area (Å²) in [6, 6.07) is 2.02. The minimum Gasteiger partial charge on any atom is -0.465 e. The van der Waals surface area contributed by atoms with Crippen LogP contribution in [0.15, 0.2) is 6.07 Å². The van der Waals surface area contributed by atoms with Gasteiger partial charge in [-0.15, -0.1) is 0 Å². The van der Waals surface area contributed by atoms with E-state index in [1.165, 1.54) is 0 Å². The Morgan fingerprint density at radius 1 is 1.56 bits per heavy atom. The zero-order valence-electron chi connectivity index (χ0n) is 10.1. The van der Waals surface area contributed by atoms with E-state index in [-0.39, 0.29) is 12.5 Å². The summed E-state index contributed by atoms with van der Waals surface area (Å²) in [5.41, 5.74) is 2.08. The van der Waals surface area contributed by atoms with E-state index in [1.54, 1.807) is 6.92 Å². The number of hydrogen-bond donors (Lipinski definition) is 1. The molecule has 1 heterocycles. The number of rotatable bonds is 6. The van der Waals surface area contributed by atoms with Crippen molar-refractivity contribution in [3.8, 4) is 0 Å². The van der Waals surface area contributed by atoms with E-state index < -0.39 is 0 Å². The third kappa shape index (κ3) is 3.66. The van der Waals surface area contributed by atoms with Gasteiger partial charge in [0.1, 0.15) is 0 Å². The standard InChI is InChI=1S/C11H19N3O2/c1-4-14-10(6-9(3)13-14)7-12-8-11(15)16-5-2/h6,12H,4-5,7-8H2,1-3H3. The molecule has 0 atom stereocenters. The van der Waals surface area contributed by atoms with Gasteiger partial charge in [-0.2, -0.15) is 5.10 Å². The number of aromatic nitrogens is 2. The third-order valence-corrected chi connectivity index (χ3v) is 2.17. The quantitative estimate of drug-likeness (QED) is 0.730. The first-order valence-corrected chi connectivity index (χ1v) is 5.57. The summed E-state index contributed by atoms with van der Waals surface area (Å²) in [7, 11) is 0. The topological polar surface area (TPSA) is 56.1 Å². The van der Waals surface area contributed by atoms with Crippen molar-refractivity contribution in [1.82, 2.24) is 15.1 Å². The number of aryl methyl sites for hydroxylation is 2. The van der Waals surface area contributed by atoms with Gasteiger partial charge in [0.05, 0.1) is 24.5 Å². The fourth-order valence-electron chi connectivity index (χ4n) is 1.52. The van der Waals surface area contributed by atoms with Crippen LogP contribution in [0.4, 0.5) is 0 Å². The van der Waals surface area contributed by atoms with E-state index in [0.29, 0.717) is 13.2 Å². The Kier molecular flexibility index (Phi) is 4.98. The second-order valence-corrected chi connectivity index (χ2v) is 3.50. The molecule has 0 saturated carbocycles. The smallest absolute Gasteiger partial charge is 0.319 e. The van der Waals surface area contributed by atoms with Crippen molar-refractivity contribution in [3.63, 3.8) is 0 Å². The molecule has 5 heteroatoms. The first kappa shape index (κ1) is 12.7. The van der Waals surface area contributed by atoms with Gasteiger partial charge in [-0.3, -0.25) is 9.48 Å². The lowest BCUT2D eigenvalue weighted by Crippen LogP contribution is -2.25. The minimum atomic E-state index is -0.221. The van der Waals surface area contributed by atoms with Gasteiger partial charge in [0.25, 0.3) is 0 Å². The molecule has 90 valence electrons. The number of carbonyl (C=O) groups is 1. The Hall–Kier alpha value is -1.36. The monoisotopic (exact) mass is 225 g/mol. The third-order valence-electron chi connectivity index (χ3n) is 2.17. The predicted octanol–water partition coefficient (Wildman–Crippen LogP) is 0.864. The number of carbonyl (C=O) groups excluding carboxylic acids is 1. The van der Waals surface area contributed by atoms with Gasteiger partial charge < -0.3 is 10.1 Å². The Balaban J connectivity index is 2.39. The molecule has 1 aromatic heterocycles. The molecule has 1 N–H and O–H groups in total. The van der Waals surface area contributed by atoms with Crippen LogP contribution >= 0.6 is 0 Å². The minimum absolute atomic E-state index is 0.221. The summed E-state index contributed by atoms with van der Waals surface area (Å²) in [5.74, 6) is -0.221. The summed E-state index contributed by atoms with van der Waals surface area (Å²) in [6.45, 7) is 7.93. The molecule has 0 aliphatic rings. The van der Waals surface area contributed by atoms with Crippen molar-refractivity contribution in [1.29, 1.82) is 0 Å². The van der Waals surface area contributed by atoms with Crippen LogP contribution in [0, 0.1) is 6.92 Å². The van der Waals surface area contributed by atoms with E-state index in [4.69, 9.17) is 4.74 Å². The highest BCUT2D eigenvalue weighted by molar-refractivity contribution is 5.71. The Morgan fingerprint density at radius 3 is 2.94 bits per heavy atom. The maximum absolute atomic E-state index is 11.1. The first-order valence-electron chi connectivity index (χ1n) is 5.57. The molecule has 0 aliphatic heterocycles. The van der Waals surface area contributed by atoms with Crippen molar-refractivity contribution in [3.05, 3.63) is 17.5 Å². The van der Waals surface area contributed by atoms with Crippen LogP contribution in [0.25, 0.3) is 0 Å². The van der Waals surface area contributed by atoms with E-state index in [0.717, 1.165) is 17.9 Å². The molecule has 0 spiro atoms. The highest BCUT2D eigenvalue weighted by Crippen LogP contribution is 2.02. The Morgan fingerprint density at radius 2 is 2.31 bits per heavy atom. The molecule has 0 saturated heterocycles. The lowest BCUT2D eigenvalue weighted by atomic mass is 10.3. The molecule has 1 aromatic rings. The highest BCUT2D eigenvalue weighted by atomic mass is 16.5. The van der Waals surface area contributed by atoms with Gasteiger partial charge in [-0.25, -0.2) is 0 Å². The van der Waals surface area contributed by atoms with E-state index in [1.807, 2.05) is 24.6 Å². The van der Waals surface area contributed by atoms with Crippen LogP contribution in [0.2, 0.25) is 0 Å². The maximum atomic E-state index is 11.1. The van der Waals surface area contributed by atoms with Gasteiger partial charge >= 0.3 is 5.97 Å². The van der Waals surface area contributed by atoms with Crippen LogP contribution in [-0.2, 0) is 22.6 Å². The van der Waals surface area contributed by atoms with Crippen molar-refractivity contribution in [2.75, 3.05) is 13.2 Å². The number of nitrogens with zero attached hydrogens (tertiary/aromatic N) is 2. The molecular weight excluding hydrogens is 206 g/mol. The van der Waals surface area contributed by atoms with Crippen LogP contribution in [0.5, 0.6) is 0 Å². The van der Waals surface area contributed by atoms with Gasteiger partial charge in [-0.1, -0.05) is 0 Å². The summed E-state index contributed by atoms with van der Waals surface area (Å²) in [5, 5.41) is 7.36. The number of esters is 1. The van der Waals surface area contributed by atoms with Crippen molar-refractivity contribution >= 4 is 5.97 Å². The molecule has 0 fully saturated rings. The molecular formula is C11H19N3O2. The van der Waals surface area contributed by atoms with E-state index >= 15 is 0 Å². The molecule has 0 radical (unpaired) electrons. The zero-order valence-corrected chi connectivity index (χ0v) is 10.1. The van der Waals surface area contributed by atoms with Crippen LogP contribution in [0.3, 0.4) is 0 Å². The fraction of sp³-hybridized carbons (Fsp3) is 0.636. The predicted molar refractivity (Wildman–Crippen MR) is 61.0 cm³/mol. The molecule has 5 nitrogen and oxygen atoms in total. The molecule has 16 heavy (non-hydrogen) atoms. The Labute approximate surface area is 95.8 Å². The summed E-state index contributed by atoms with van der Waals surface area (Å²) in [4.78, 5) is 11.1. The summed E-state index contributed by atoms with van der Waals surface area (Å²) >= 11 is 0. The molecule has 0 aliphatic carbocycles. The summed E-state index contributed by atoms with van der Waals surface area (Å²) in [6.07, 6.45) is 0.